The Morgan fingerprint density at radius 1 is 1.43 bits per heavy atom. The number of nitrogens with one attached hydrogen (secondary N) is 1. The minimum Gasteiger partial charge on any atom is -0.351 e. The van der Waals surface area contributed by atoms with Gasteiger partial charge in [0.05, 0.1) is 36.5 Å². The minimum absolute atomic E-state index is 0.311. The van der Waals surface area contributed by atoms with Gasteiger partial charge in [-0.2, -0.15) is 5.10 Å². The van der Waals surface area contributed by atoms with Gasteiger partial charge < -0.3 is 9.88 Å². The van der Waals surface area contributed by atoms with Gasteiger partial charge in [-0.1, -0.05) is 15.9 Å². The molecule has 0 aliphatic carbocycles. The van der Waals surface area contributed by atoms with E-state index >= 15 is 0 Å². The summed E-state index contributed by atoms with van der Waals surface area (Å²) in [4.78, 5) is 19.5. The molecule has 23 heavy (non-hydrogen) atoms. The number of aromatic nitrogens is 5. The van der Waals surface area contributed by atoms with E-state index in [2.05, 4.69) is 40.9 Å². The lowest BCUT2D eigenvalue weighted by atomic mass is 10.1. The van der Waals surface area contributed by atoms with Crippen molar-refractivity contribution in [3.63, 3.8) is 0 Å². The summed E-state index contributed by atoms with van der Waals surface area (Å²) in [5.74, 6) is 1.37. The summed E-state index contributed by atoms with van der Waals surface area (Å²) in [7, 11) is 0. The van der Waals surface area contributed by atoms with E-state index in [0.29, 0.717) is 25.3 Å². The van der Waals surface area contributed by atoms with Crippen molar-refractivity contribution in [3.8, 4) is 17.1 Å². The summed E-state index contributed by atoms with van der Waals surface area (Å²) >= 11 is 3.52. The van der Waals surface area contributed by atoms with E-state index in [-0.39, 0.29) is 0 Å². The number of benzene rings is 1. The Morgan fingerprint density at radius 3 is 3.13 bits per heavy atom. The fraction of sp³-hybridized carbons (Fsp3) is 0.200. The Labute approximate surface area is 140 Å². The lowest BCUT2D eigenvalue weighted by Crippen LogP contribution is -2.12. The zero-order chi connectivity index (χ0) is 16.0. The number of carbonyl (C=O) groups is 1. The third kappa shape index (κ3) is 2.26. The molecule has 0 bridgehead atoms. The number of amides is 1. The molecule has 4 rings (SSSR count). The normalized spacial score (nSPS) is 12.1. The van der Waals surface area contributed by atoms with Crippen molar-refractivity contribution in [1.82, 2.24) is 29.6 Å². The first-order chi connectivity index (χ1) is 11.2. The molecule has 0 saturated carbocycles. The second-order valence-electron chi connectivity index (χ2n) is 5.32. The van der Waals surface area contributed by atoms with Gasteiger partial charge in [-0.05, 0) is 25.1 Å². The average Bonchev–Trinajstić information content (AvgIpc) is 3.07. The molecule has 8 heteroatoms. The third-order valence-electron chi connectivity index (χ3n) is 3.89. The molecule has 116 valence electrons. The first-order valence-corrected chi connectivity index (χ1v) is 7.90. The quantitative estimate of drug-likeness (QED) is 0.556. The van der Waals surface area contributed by atoms with E-state index in [1.54, 1.807) is 0 Å². The van der Waals surface area contributed by atoms with Gasteiger partial charge in [0.2, 0.25) is 6.41 Å². The van der Waals surface area contributed by atoms with Gasteiger partial charge in [-0.3, -0.25) is 4.79 Å². The molecule has 0 spiro atoms. The summed E-state index contributed by atoms with van der Waals surface area (Å²) in [5, 5.41) is 7.13. The summed E-state index contributed by atoms with van der Waals surface area (Å²) in [6, 6.07) is 6.06. The van der Waals surface area contributed by atoms with Crippen molar-refractivity contribution in [2.24, 2.45) is 0 Å². The summed E-state index contributed by atoms with van der Waals surface area (Å²) < 4.78 is 4.91. The molecule has 0 radical (unpaired) electrons. The number of nitrogens with zero attached hydrogens (tertiary/aromatic N) is 5. The van der Waals surface area contributed by atoms with Crippen LogP contribution in [-0.4, -0.2) is 30.7 Å². The molecule has 3 heterocycles. The highest BCUT2D eigenvalue weighted by molar-refractivity contribution is 9.10. The maximum absolute atomic E-state index is 10.5. The number of hydrogen-bond acceptors (Lipinski definition) is 4. The zero-order valence-electron chi connectivity index (χ0n) is 12.3. The van der Waals surface area contributed by atoms with Crippen LogP contribution < -0.4 is 5.32 Å². The summed E-state index contributed by atoms with van der Waals surface area (Å²) in [5.41, 5.74) is 4.03. The highest BCUT2D eigenvalue weighted by atomic mass is 79.9. The molecule has 2 aromatic heterocycles. The van der Waals surface area contributed by atoms with E-state index in [1.807, 2.05) is 36.1 Å². The van der Waals surface area contributed by atoms with Crippen LogP contribution in [0.3, 0.4) is 0 Å². The molecule has 1 amide bonds. The van der Waals surface area contributed by atoms with E-state index < -0.39 is 0 Å². The lowest BCUT2D eigenvalue weighted by Gasteiger charge is -2.08. The molecular formula is C15H13BrN6O. The van der Waals surface area contributed by atoms with Gasteiger partial charge in [0.15, 0.2) is 11.6 Å². The molecule has 0 fully saturated rings. The van der Waals surface area contributed by atoms with E-state index in [1.165, 1.54) is 0 Å². The summed E-state index contributed by atoms with van der Waals surface area (Å²) in [6.45, 7) is 2.88. The number of hydrogen-bond donors (Lipinski definition) is 1. The smallest absolute Gasteiger partial charge is 0.207 e. The molecule has 1 aliphatic heterocycles. The van der Waals surface area contributed by atoms with Crippen molar-refractivity contribution in [3.05, 3.63) is 46.2 Å². The Kier molecular flexibility index (Phi) is 3.26. The van der Waals surface area contributed by atoms with Crippen LogP contribution in [0, 0.1) is 6.92 Å². The number of aryl methyl sites for hydroxylation is 1. The number of carbonyl (C=O) groups excluding carboxylic acids is 1. The van der Waals surface area contributed by atoms with Gasteiger partial charge in [0, 0.05) is 10.0 Å². The van der Waals surface area contributed by atoms with Gasteiger partial charge >= 0.3 is 0 Å². The van der Waals surface area contributed by atoms with Gasteiger partial charge in [0.1, 0.15) is 0 Å². The Morgan fingerprint density at radius 2 is 2.30 bits per heavy atom. The number of rotatable bonds is 3. The topological polar surface area (TPSA) is 77.6 Å². The first kappa shape index (κ1) is 14.1. The minimum atomic E-state index is 0.311. The van der Waals surface area contributed by atoms with Crippen LogP contribution in [0.25, 0.3) is 17.1 Å². The van der Waals surface area contributed by atoms with Crippen LogP contribution in [-0.2, 0) is 17.9 Å². The first-order valence-electron chi connectivity index (χ1n) is 7.11. The van der Waals surface area contributed by atoms with Crippen molar-refractivity contribution >= 4 is 22.3 Å². The van der Waals surface area contributed by atoms with Gasteiger partial charge in [-0.15, -0.1) is 0 Å². The highest BCUT2D eigenvalue weighted by Crippen LogP contribution is 2.33. The number of fused-ring (bicyclic) bond motifs is 5. The van der Waals surface area contributed by atoms with Gasteiger partial charge in [0.25, 0.3) is 0 Å². The Bertz CT molecular complexity index is 913. The largest absolute Gasteiger partial charge is 0.351 e. The standard InChI is InChI=1S/C15H13BrN6O/c1-9-13-6-22-15(19-14(20-22)5-17-8-23)11-4-10(16)2-3-12(11)21(13)7-18-9/h2-4,7-8H,5-6H2,1H3,(H,17,23). The Hall–Kier alpha value is -2.48. The van der Waals surface area contributed by atoms with E-state index in [4.69, 9.17) is 0 Å². The van der Waals surface area contributed by atoms with Crippen LogP contribution in [0.15, 0.2) is 29.0 Å². The van der Waals surface area contributed by atoms with Crippen LogP contribution in [0.4, 0.5) is 0 Å². The molecule has 3 aromatic rings. The molecule has 7 nitrogen and oxygen atoms in total. The Balaban J connectivity index is 1.95. The predicted molar refractivity (Wildman–Crippen MR) is 87.0 cm³/mol. The monoisotopic (exact) mass is 372 g/mol. The molecule has 1 aromatic carbocycles. The number of imidazole rings is 1. The molecule has 0 saturated heterocycles. The SMILES string of the molecule is Cc1ncn2c1Cn1nc(CNC=O)nc1-c1cc(Br)ccc1-2. The lowest BCUT2D eigenvalue weighted by molar-refractivity contribution is -0.109. The molecule has 1 aliphatic rings. The fourth-order valence-corrected chi connectivity index (χ4v) is 3.17. The number of halogens is 1. The van der Waals surface area contributed by atoms with Crippen LogP contribution in [0.5, 0.6) is 0 Å². The van der Waals surface area contributed by atoms with E-state index in [9.17, 15) is 4.79 Å². The second-order valence-corrected chi connectivity index (χ2v) is 6.23. The average molecular weight is 373 g/mol. The van der Waals surface area contributed by atoms with Crippen LogP contribution in [0.1, 0.15) is 17.2 Å². The zero-order valence-corrected chi connectivity index (χ0v) is 13.9. The maximum atomic E-state index is 10.5. The fourth-order valence-electron chi connectivity index (χ4n) is 2.81. The van der Waals surface area contributed by atoms with Crippen molar-refractivity contribution in [2.45, 2.75) is 20.0 Å². The van der Waals surface area contributed by atoms with Crippen LogP contribution >= 0.6 is 15.9 Å². The molecule has 0 atom stereocenters. The van der Waals surface area contributed by atoms with E-state index in [0.717, 1.165) is 32.9 Å². The van der Waals surface area contributed by atoms with Gasteiger partial charge in [-0.25, -0.2) is 14.6 Å². The van der Waals surface area contributed by atoms with Crippen molar-refractivity contribution in [1.29, 1.82) is 0 Å². The third-order valence-corrected chi connectivity index (χ3v) is 4.39. The van der Waals surface area contributed by atoms with Crippen molar-refractivity contribution in [2.75, 3.05) is 0 Å². The summed E-state index contributed by atoms with van der Waals surface area (Å²) in [6.07, 6.45) is 2.48. The second kappa shape index (κ2) is 5.31. The molecule has 1 N–H and O–H groups in total. The maximum Gasteiger partial charge on any atom is 0.207 e. The van der Waals surface area contributed by atoms with Crippen molar-refractivity contribution < 1.29 is 4.79 Å². The predicted octanol–water partition coefficient (Wildman–Crippen LogP) is 1.81. The highest BCUT2D eigenvalue weighted by Gasteiger charge is 2.23. The molecule has 0 unspecified atom stereocenters. The van der Waals surface area contributed by atoms with Crippen LogP contribution in [0.2, 0.25) is 0 Å². The molecular weight excluding hydrogens is 360 g/mol.